The molecule has 0 fully saturated rings. The van der Waals surface area contributed by atoms with E-state index in [0.29, 0.717) is 0 Å². The van der Waals surface area contributed by atoms with Crippen LogP contribution in [0.25, 0.3) is 6.08 Å². The smallest absolute Gasteiger partial charge is 0.307 e. The van der Waals surface area contributed by atoms with Gasteiger partial charge in [0.05, 0.1) is 6.42 Å². The average molecular weight is 240 g/mol. The second-order valence-corrected chi connectivity index (χ2v) is 3.67. The van der Waals surface area contributed by atoms with E-state index in [4.69, 9.17) is 5.11 Å². The number of benzene rings is 2. The van der Waals surface area contributed by atoms with Crippen LogP contribution < -0.4 is 0 Å². The van der Waals surface area contributed by atoms with Gasteiger partial charge in [0.2, 0.25) is 0 Å². The van der Waals surface area contributed by atoms with Gasteiger partial charge in [0.1, 0.15) is 0 Å². The van der Waals surface area contributed by atoms with Gasteiger partial charge in [-0.25, -0.2) is 0 Å². The molecule has 18 heavy (non-hydrogen) atoms. The number of hydrogen-bond donors (Lipinski definition) is 1. The molecule has 0 unspecified atom stereocenters. The maximum atomic E-state index is 10.2. The Balaban J connectivity index is 0.000000184. The molecule has 1 N–H and O–H groups in total. The second-order valence-electron chi connectivity index (χ2n) is 3.67. The maximum Gasteiger partial charge on any atom is 0.307 e. The lowest BCUT2D eigenvalue weighted by atomic mass is 10.2. The molecule has 0 aliphatic heterocycles. The molecular weight excluding hydrogens is 224 g/mol. The fourth-order valence-corrected chi connectivity index (χ4v) is 1.36. The van der Waals surface area contributed by atoms with Crippen molar-refractivity contribution >= 4 is 12.0 Å². The highest BCUT2D eigenvalue weighted by atomic mass is 16.4. The molecule has 2 heteroatoms. The summed E-state index contributed by atoms with van der Waals surface area (Å²) in [5, 5.41) is 8.37. The average Bonchev–Trinajstić information content (AvgIpc) is 2.41. The van der Waals surface area contributed by atoms with Crippen LogP contribution in [0.5, 0.6) is 0 Å². The van der Waals surface area contributed by atoms with Gasteiger partial charge in [-0.15, -0.1) is 0 Å². The summed E-state index contributed by atoms with van der Waals surface area (Å²) >= 11 is 0. The number of carboxylic acids is 1. The van der Waals surface area contributed by atoms with Gasteiger partial charge in [-0.3, -0.25) is 4.79 Å². The molecule has 2 nitrogen and oxygen atoms in total. The summed E-state index contributed by atoms with van der Waals surface area (Å²) in [5.41, 5.74) is 2.02. The summed E-state index contributed by atoms with van der Waals surface area (Å²) in [7, 11) is 0. The van der Waals surface area contributed by atoms with Crippen molar-refractivity contribution in [2.24, 2.45) is 0 Å². The number of carbonyl (C=O) groups is 1. The minimum atomic E-state index is -0.786. The van der Waals surface area contributed by atoms with Gasteiger partial charge in [0, 0.05) is 0 Å². The maximum absolute atomic E-state index is 10.2. The first kappa shape index (κ1) is 13.7. The predicted octanol–water partition coefficient (Wildman–Crippen LogP) is 3.64. The van der Waals surface area contributed by atoms with Crippen LogP contribution in [0.4, 0.5) is 0 Å². The summed E-state index contributed by atoms with van der Waals surface area (Å²) in [4.78, 5) is 10.2. The van der Waals surface area contributed by atoms with Crippen LogP contribution >= 0.6 is 0 Å². The fraction of sp³-hybridized carbons (Fsp3) is 0.0625. The minimum Gasteiger partial charge on any atom is -0.481 e. The number of hydrogen-bond acceptors (Lipinski definition) is 1. The largest absolute Gasteiger partial charge is 0.481 e. The van der Waals surface area contributed by atoms with Gasteiger partial charge in [-0.05, 0) is 11.1 Å². The SMILES string of the molecule is C=Cc1ccccc1.O=C(O)Cc1ccccc1. The Morgan fingerprint density at radius 3 is 1.89 bits per heavy atom. The van der Waals surface area contributed by atoms with Crippen molar-refractivity contribution in [3.05, 3.63) is 78.4 Å². The van der Waals surface area contributed by atoms with Crippen molar-refractivity contribution in [2.45, 2.75) is 6.42 Å². The Kier molecular flexibility index (Phi) is 5.98. The molecular formula is C16H16O2. The lowest BCUT2D eigenvalue weighted by Crippen LogP contribution is -1.98. The first-order valence-electron chi connectivity index (χ1n) is 5.65. The zero-order chi connectivity index (χ0) is 13.2. The molecule has 92 valence electrons. The van der Waals surface area contributed by atoms with Crippen LogP contribution in [0.15, 0.2) is 67.2 Å². The van der Waals surface area contributed by atoms with Gasteiger partial charge in [0.25, 0.3) is 0 Å². The molecule has 0 radical (unpaired) electrons. The lowest BCUT2D eigenvalue weighted by molar-refractivity contribution is -0.136. The quantitative estimate of drug-likeness (QED) is 0.889. The molecule has 0 bridgehead atoms. The molecule has 2 aromatic rings. The Hall–Kier alpha value is -2.35. The summed E-state index contributed by atoms with van der Waals surface area (Å²) in [5.74, 6) is -0.786. The zero-order valence-corrected chi connectivity index (χ0v) is 10.1. The third-order valence-corrected chi connectivity index (χ3v) is 2.23. The molecule has 2 rings (SSSR count). The van der Waals surface area contributed by atoms with Crippen molar-refractivity contribution in [1.82, 2.24) is 0 Å². The van der Waals surface area contributed by atoms with Crippen LogP contribution in [0, 0.1) is 0 Å². The number of rotatable bonds is 3. The normalized spacial score (nSPS) is 8.89. The van der Waals surface area contributed by atoms with Crippen LogP contribution in [0.3, 0.4) is 0 Å². The summed E-state index contributed by atoms with van der Waals surface area (Å²) in [6.45, 7) is 3.63. The highest BCUT2D eigenvalue weighted by Gasteiger charge is 1.96. The first-order chi connectivity index (χ1) is 8.72. The Morgan fingerprint density at radius 1 is 1.00 bits per heavy atom. The van der Waals surface area contributed by atoms with Crippen LogP contribution in [0.1, 0.15) is 11.1 Å². The van der Waals surface area contributed by atoms with Gasteiger partial charge in [-0.1, -0.05) is 73.3 Å². The van der Waals surface area contributed by atoms with Crippen molar-refractivity contribution in [1.29, 1.82) is 0 Å². The molecule has 0 aliphatic rings. The van der Waals surface area contributed by atoms with E-state index in [2.05, 4.69) is 6.58 Å². The van der Waals surface area contributed by atoms with Gasteiger partial charge < -0.3 is 5.11 Å². The summed E-state index contributed by atoms with van der Waals surface area (Å²) in [6.07, 6.45) is 1.95. The Bertz CT molecular complexity index is 475. The molecule has 0 spiro atoms. The van der Waals surface area contributed by atoms with Crippen LogP contribution in [-0.4, -0.2) is 11.1 Å². The molecule has 2 aromatic carbocycles. The van der Waals surface area contributed by atoms with Gasteiger partial charge in [-0.2, -0.15) is 0 Å². The summed E-state index contributed by atoms with van der Waals surface area (Å²) < 4.78 is 0. The van der Waals surface area contributed by atoms with E-state index in [9.17, 15) is 4.79 Å². The van der Waals surface area contributed by atoms with E-state index in [1.807, 2.05) is 54.6 Å². The molecule has 0 saturated carbocycles. The van der Waals surface area contributed by atoms with Crippen molar-refractivity contribution < 1.29 is 9.90 Å². The molecule has 0 amide bonds. The van der Waals surface area contributed by atoms with E-state index in [0.717, 1.165) is 5.56 Å². The van der Waals surface area contributed by atoms with Crippen LogP contribution in [0.2, 0.25) is 0 Å². The van der Waals surface area contributed by atoms with E-state index >= 15 is 0 Å². The van der Waals surface area contributed by atoms with Gasteiger partial charge >= 0.3 is 5.97 Å². The predicted molar refractivity (Wildman–Crippen MR) is 74.3 cm³/mol. The second kappa shape index (κ2) is 7.85. The van der Waals surface area contributed by atoms with E-state index in [1.54, 1.807) is 12.1 Å². The fourth-order valence-electron chi connectivity index (χ4n) is 1.36. The Morgan fingerprint density at radius 2 is 1.50 bits per heavy atom. The number of aliphatic carboxylic acids is 1. The van der Waals surface area contributed by atoms with E-state index in [-0.39, 0.29) is 6.42 Å². The third kappa shape index (κ3) is 5.66. The molecule has 0 saturated heterocycles. The van der Waals surface area contributed by atoms with Crippen molar-refractivity contribution in [3.8, 4) is 0 Å². The molecule has 0 aliphatic carbocycles. The lowest BCUT2D eigenvalue weighted by Gasteiger charge is -1.92. The zero-order valence-electron chi connectivity index (χ0n) is 10.1. The van der Waals surface area contributed by atoms with Crippen molar-refractivity contribution in [3.63, 3.8) is 0 Å². The third-order valence-electron chi connectivity index (χ3n) is 2.23. The molecule has 0 aromatic heterocycles. The monoisotopic (exact) mass is 240 g/mol. The van der Waals surface area contributed by atoms with Crippen molar-refractivity contribution in [2.75, 3.05) is 0 Å². The van der Waals surface area contributed by atoms with E-state index in [1.165, 1.54) is 5.56 Å². The first-order valence-corrected chi connectivity index (χ1v) is 5.65. The van der Waals surface area contributed by atoms with Gasteiger partial charge in [0.15, 0.2) is 0 Å². The minimum absolute atomic E-state index is 0.112. The van der Waals surface area contributed by atoms with E-state index < -0.39 is 5.97 Å². The summed E-state index contributed by atoms with van der Waals surface area (Å²) in [6, 6.07) is 19.2. The topological polar surface area (TPSA) is 37.3 Å². The Labute approximate surface area is 107 Å². The standard InChI is InChI=1S/C8H8O2.C8H8/c9-8(10)6-7-4-2-1-3-5-7;1-2-8-6-4-3-5-7-8/h1-5H,6H2,(H,9,10);2-7H,1H2. The highest BCUT2D eigenvalue weighted by molar-refractivity contribution is 5.70. The molecule has 0 atom stereocenters. The molecule has 0 heterocycles. The highest BCUT2D eigenvalue weighted by Crippen LogP contribution is 1.98. The number of carboxylic acid groups (broad SMARTS) is 1. The van der Waals surface area contributed by atoms with Crippen LogP contribution in [-0.2, 0) is 11.2 Å².